The van der Waals surface area contributed by atoms with Crippen LogP contribution in [0.1, 0.15) is 13.3 Å². The molecule has 0 saturated heterocycles. The minimum absolute atomic E-state index is 0.0525. The third-order valence-corrected chi connectivity index (χ3v) is 3.57. The second-order valence-corrected chi connectivity index (χ2v) is 5.19. The molecule has 0 amide bonds. The Morgan fingerprint density at radius 1 is 1.53 bits per heavy atom. The number of rotatable bonds is 6. The van der Waals surface area contributed by atoms with E-state index in [2.05, 4.69) is 5.10 Å². The van der Waals surface area contributed by atoms with E-state index in [0.717, 1.165) is 22.2 Å². The maximum Gasteiger partial charge on any atom is 0.313 e. The van der Waals surface area contributed by atoms with Gasteiger partial charge in [0.15, 0.2) is 0 Å². The van der Waals surface area contributed by atoms with Gasteiger partial charge in [0.25, 0.3) is 0 Å². The summed E-state index contributed by atoms with van der Waals surface area (Å²) in [7, 11) is 1.87. The Morgan fingerprint density at radius 2 is 2.32 bits per heavy atom. The van der Waals surface area contributed by atoms with Crippen LogP contribution in [0, 0.1) is 0 Å². The summed E-state index contributed by atoms with van der Waals surface area (Å²) in [6.45, 7) is 2.66. The van der Waals surface area contributed by atoms with Crippen LogP contribution in [-0.2, 0) is 11.8 Å². The van der Waals surface area contributed by atoms with Crippen molar-refractivity contribution in [1.29, 1.82) is 0 Å². The van der Waals surface area contributed by atoms with Crippen LogP contribution in [0.2, 0.25) is 0 Å². The van der Waals surface area contributed by atoms with Crippen molar-refractivity contribution in [2.45, 2.75) is 18.2 Å². The Balaban J connectivity index is 2.30. The Kier molecular flexibility index (Phi) is 4.31. The molecule has 0 bridgehead atoms. The van der Waals surface area contributed by atoms with Crippen molar-refractivity contribution < 1.29 is 14.6 Å². The normalized spacial score (nSPS) is 10.8. The van der Waals surface area contributed by atoms with Gasteiger partial charge in [-0.3, -0.25) is 9.48 Å². The lowest BCUT2D eigenvalue weighted by Gasteiger charge is -2.02. The molecule has 0 radical (unpaired) electrons. The Bertz CT molecular complexity index is 595. The Labute approximate surface area is 115 Å². The highest BCUT2D eigenvalue weighted by Crippen LogP contribution is 2.29. The molecular weight excluding hydrogens is 264 g/mol. The molecule has 0 unspecified atom stereocenters. The fourth-order valence-corrected chi connectivity index (χ4v) is 2.41. The quantitative estimate of drug-likeness (QED) is 0.824. The summed E-state index contributed by atoms with van der Waals surface area (Å²) in [5.74, 6) is -0.160. The smallest absolute Gasteiger partial charge is 0.313 e. The molecule has 1 N–H and O–H groups in total. The number of hydrogen-bond acceptors (Lipinski definition) is 4. The Morgan fingerprint density at radius 3 is 3.00 bits per heavy atom. The minimum Gasteiger partial charge on any atom is -0.481 e. The van der Waals surface area contributed by atoms with Gasteiger partial charge in [-0.15, -0.1) is 16.9 Å². The molecule has 0 aliphatic carbocycles. The highest BCUT2D eigenvalue weighted by atomic mass is 32.2. The fraction of sp³-hybridized carbons (Fsp3) is 0.385. The highest BCUT2D eigenvalue weighted by molar-refractivity contribution is 8.00. The van der Waals surface area contributed by atoms with Crippen LogP contribution in [0.5, 0.6) is 5.88 Å². The molecule has 0 fully saturated rings. The van der Waals surface area contributed by atoms with Crippen LogP contribution in [-0.4, -0.2) is 33.2 Å². The average molecular weight is 280 g/mol. The summed E-state index contributed by atoms with van der Waals surface area (Å²) in [4.78, 5) is 11.5. The molecule has 1 aromatic heterocycles. The first-order valence-corrected chi connectivity index (χ1v) is 7.04. The zero-order valence-electron chi connectivity index (χ0n) is 10.9. The number of aryl methyl sites for hydroxylation is 1. The average Bonchev–Trinajstić information content (AvgIpc) is 2.70. The topological polar surface area (TPSA) is 64.4 Å². The van der Waals surface area contributed by atoms with Crippen molar-refractivity contribution in [3.8, 4) is 5.88 Å². The summed E-state index contributed by atoms with van der Waals surface area (Å²) in [5, 5.41) is 14.0. The summed E-state index contributed by atoms with van der Waals surface area (Å²) in [6, 6.07) is 5.77. The maximum atomic E-state index is 10.6. The van der Waals surface area contributed by atoms with E-state index < -0.39 is 5.97 Å². The molecule has 0 spiro atoms. The predicted octanol–water partition coefficient (Wildman–Crippen LogP) is 2.54. The van der Waals surface area contributed by atoms with E-state index in [1.165, 1.54) is 11.8 Å². The fourth-order valence-electron chi connectivity index (χ4n) is 1.75. The zero-order chi connectivity index (χ0) is 13.8. The van der Waals surface area contributed by atoms with E-state index in [0.29, 0.717) is 12.5 Å². The number of carboxylic acid groups (broad SMARTS) is 1. The molecule has 0 saturated carbocycles. The number of aliphatic carboxylic acids is 1. The molecule has 1 heterocycles. The standard InChI is InChI=1S/C13H16N2O3S/c1-3-6-18-13-10-7-9(19-8-12(16)17)4-5-11(10)15(2)14-13/h4-5,7H,3,6,8H2,1-2H3,(H,16,17). The van der Waals surface area contributed by atoms with Gasteiger partial charge in [0.2, 0.25) is 5.88 Å². The van der Waals surface area contributed by atoms with Gasteiger partial charge in [-0.1, -0.05) is 6.92 Å². The van der Waals surface area contributed by atoms with Crippen LogP contribution in [0.3, 0.4) is 0 Å². The first-order chi connectivity index (χ1) is 9.11. The number of fused-ring (bicyclic) bond motifs is 1. The Hall–Kier alpha value is -1.69. The summed E-state index contributed by atoms with van der Waals surface area (Å²) in [5.41, 5.74) is 0.978. The van der Waals surface area contributed by atoms with Crippen molar-refractivity contribution in [2.24, 2.45) is 7.05 Å². The van der Waals surface area contributed by atoms with Gasteiger partial charge in [0.1, 0.15) is 0 Å². The van der Waals surface area contributed by atoms with Crippen LogP contribution in [0.4, 0.5) is 0 Å². The summed E-state index contributed by atoms with van der Waals surface area (Å²) in [6.07, 6.45) is 0.922. The lowest BCUT2D eigenvalue weighted by Crippen LogP contribution is -1.97. The lowest BCUT2D eigenvalue weighted by molar-refractivity contribution is -0.133. The third kappa shape index (κ3) is 3.20. The molecule has 1 aromatic carbocycles. The van der Waals surface area contributed by atoms with E-state index in [1.807, 2.05) is 32.2 Å². The highest BCUT2D eigenvalue weighted by Gasteiger charge is 2.11. The van der Waals surface area contributed by atoms with Gasteiger partial charge >= 0.3 is 5.97 Å². The van der Waals surface area contributed by atoms with Gasteiger partial charge < -0.3 is 9.84 Å². The van der Waals surface area contributed by atoms with Crippen LogP contribution in [0.25, 0.3) is 10.9 Å². The summed E-state index contributed by atoms with van der Waals surface area (Å²) < 4.78 is 7.38. The van der Waals surface area contributed by atoms with E-state index in [-0.39, 0.29) is 5.75 Å². The number of aromatic nitrogens is 2. The second kappa shape index (κ2) is 5.97. The number of nitrogens with zero attached hydrogens (tertiary/aromatic N) is 2. The molecule has 0 atom stereocenters. The van der Waals surface area contributed by atoms with Gasteiger partial charge in [-0.2, -0.15) is 0 Å². The van der Waals surface area contributed by atoms with Crippen molar-refractivity contribution in [2.75, 3.05) is 12.4 Å². The van der Waals surface area contributed by atoms with E-state index in [9.17, 15) is 4.79 Å². The van der Waals surface area contributed by atoms with E-state index >= 15 is 0 Å². The lowest BCUT2D eigenvalue weighted by atomic mass is 10.2. The number of thioether (sulfide) groups is 1. The van der Waals surface area contributed by atoms with E-state index in [1.54, 1.807) is 4.68 Å². The van der Waals surface area contributed by atoms with Crippen molar-refractivity contribution in [3.05, 3.63) is 18.2 Å². The molecule has 6 heteroatoms. The number of carbonyl (C=O) groups is 1. The second-order valence-electron chi connectivity index (χ2n) is 4.14. The number of benzene rings is 1. The van der Waals surface area contributed by atoms with E-state index in [4.69, 9.17) is 9.84 Å². The minimum atomic E-state index is -0.821. The largest absolute Gasteiger partial charge is 0.481 e. The molecule has 0 aliphatic rings. The van der Waals surface area contributed by atoms with Gasteiger partial charge in [-0.25, -0.2) is 0 Å². The summed E-state index contributed by atoms with van der Waals surface area (Å²) >= 11 is 1.29. The molecule has 2 rings (SSSR count). The monoisotopic (exact) mass is 280 g/mol. The molecule has 19 heavy (non-hydrogen) atoms. The molecule has 102 valence electrons. The van der Waals surface area contributed by atoms with Crippen LogP contribution >= 0.6 is 11.8 Å². The van der Waals surface area contributed by atoms with Crippen molar-refractivity contribution in [3.63, 3.8) is 0 Å². The van der Waals surface area contributed by atoms with Gasteiger partial charge in [0.05, 0.1) is 23.3 Å². The van der Waals surface area contributed by atoms with Crippen molar-refractivity contribution in [1.82, 2.24) is 9.78 Å². The third-order valence-electron chi connectivity index (χ3n) is 2.59. The van der Waals surface area contributed by atoms with Gasteiger partial charge in [0, 0.05) is 11.9 Å². The maximum absolute atomic E-state index is 10.6. The van der Waals surface area contributed by atoms with Gasteiger partial charge in [-0.05, 0) is 24.6 Å². The zero-order valence-corrected chi connectivity index (χ0v) is 11.7. The van der Waals surface area contributed by atoms with Crippen molar-refractivity contribution >= 4 is 28.6 Å². The first-order valence-electron chi connectivity index (χ1n) is 6.06. The van der Waals surface area contributed by atoms with Crippen LogP contribution < -0.4 is 4.74 Å². The SMILES string of the molecule is CCCOc1nn(C)c2ccc(SCC(=O)O)cc12. The van der Waals surface area contributed by atoms with Crippen LogP contribution in [0.15, 0.2) is 23.1 Å². The predicted molar refractivity (Wildman–Crippen MR) is 74.9 cm³/mol. The molecular formula is C13H16N2O3S. The molecule has 0 aliphatic heterocycles. The molecule has 5 nitrogen and oxygen atoms in total. The molecule has 2 aromatic rings. The number of ether oxygens (including phenoxy) is 1. The number of carboxylic acids is 1. The first kappa shape index (κ1) is 13.7. The number of hydrogen-bond donors (Lipinski definition) is 1.